The number of nitrogens with one attached hydrogen (secondary N) is 1. The van der Waals surface area contributed by atoms with E-state index in [-0.39, 0.29) is 11.4 Å². The number of hydrogen-bond donors (Lipinski definition) is 2. The fraction of sp³-hybridized carbons (Fsp3) is 0.588. The quantitative estimate of drug-likeness (QED) is 0.849. The van der Waals surface area contributed by atoms with Gasteiger partial charge in [-0.3, -0.25) is 4.79 Å². The van der Waals surface area contributed by atoms with Gasteiger partial charge in [0.15, 0.2) is 0 Å². The highest BCUT2D eigenvalue weighted by Crippen LogP contribution is 2.22. The highest BCUT2D eigenvalue weighted by Gasteiger charge is 2.32. The van der Waals surface area contributed by atoms with Crippen LogP contribution >= 0.6 is 0 Å². The Hall–Kier alpha value is -2.35. The number of carbonyl (C=O) groups excluding carboxylic acids is 1. The number of pyridine rings is 1. The summed E-state index contributed by atoms with van der Waals surface area (Å²) in [7, 11) is 0. The number of hydrogen-bond acceptors (Lipinski definition) is 5. The van der Waals surface area contributed by atoms with Crippen molar-refractivity contribution in [1.82, 2.24) is 15.2 Å². The van der Waals surface area contributed by atoms with Crippen LogP contribution in [0.5, 0.6) is 0 Å². The number of amides is 2. The van der Waals surface area contributed by atoms with Gasteiger partial charge in [0, 0.05) is 32.8 Å². The first-order valence-electron chi connectivity index (χ1n) is 8.49. The minimum Gasteiger partial charge on any atom is -0.465 e. The molecule has 2 N–H and O–H groups in total. The van der Waals surface area contributed by atoms with Crippen molar-refractivity contribution in [3.8, 4) is 0 Å². The highest BCUT2D eigenvalue weighted by atomic mass is 16.5. The molecule has 25 heavy (non-hydrogen) atoms. The Bertz CT molecular complexity index is 665. The third-order valence-electron chi connectivity index (χ3n) is 4.82. The zero-order valence-electron chi connectivity index (χ0n) is 14.6. The lowest BCUT2D eigenvalue weighted by Gasteiger charge is -2.35. The van der Waals surface area contributed by atoms with E-state index in [4.69, 9.17) is 9.84 Å². The minimum atomic E-state index is -0.883. The number of ether oxygens (including phenoxy) is 1. The number of carboxylic acid groups (broad SMARTS) is 1. The lowest BCUT2D eigenvalue weighted by Crippen LogP contribution is -2.48. The van der Waals surface area contributed by atoms with Crippen LogP contribution in [0.1, 0.15) is 29.5 Å². The van der Waals surface area contributed by atoms with Gasteiger partial charge in [0.05, 0.1) is 23.5 Å². The van der Waals surface area contributed by atoms with Crippen LogP contribution in [0, 0.1) is 6.92 Å². The predicted octanol–water partition coefficient (Wildman–Crippen LogP) is 1.10. The van der Waals surface area contributed by atoms with Gasteiger partial charge in [0.25, 0.3) is 5.91 Å². The molecule has 3 rings (SSSR count). The largest absolute Gasteiger partial charge is 0.465 e. The average Bonchev–Trinajstić information content (AvgIpc) is 3.01. The van der Waals surface area contributed by atoms with Crippen LogP contribution in [0.4, 0.5) is 10.5 Å². The van der Waals surface area contributed by atoms with E-state index in [2.05, 4.69) is 15.2 Å². The second-order valence-corrected chi connectivity index (χ2v) is 6.88. The van der Waals surface area contributed by atoms with Gasteiger partial charge in [0.2, 0.25) is 0 Å². The predicted molar refractivity (Wildman–Crippen MR) is 92.1 cm³/mol. The molecule has 0 aromatic carbocycles. The van der Waals surface area contributed by atoms with Gasteiger partial charge in [-0.2, -0.15) is 0 Å². The van der Waals surface area contributed by atoms with E-state index in [0.29, 0.717) is 45.1 Å². The SMILES string of the molecule is Cc1nc(C(=O)NC2(C)CCOC2)ccc1N1CCN(C(=O)O)CC1. The molecule has 0 bridgehead atoms. The van der Waals surface area contributed by atoms with Crippen LogP contribution in [-0.2, 0) is 4.74 Å². The van der Waals surface area contributed by atoms with Crippen LogP contribution in [0.2, 0.25) is 0 Å². The molecule has 3 heterocycles. The maximum absolute atomic E-state index is 12.4. The van der Waals surface area contributed by atoms with E-state index in [0.717, 1.165) is 17.8 Å². The first kappa shape index (κ1) is 17.5. The Balaban J connectivity index is 1.67. The van der Waals surface area contributed by atoms with Crippen LogP contribution in [0.25, 0.3) is 0 Å². The molecule has 2 aliphatic heterocycles. The molecule has 8 heteroatoms. The fourth-order valence-corrected chi connectivity index (χ4v) is 3.26. The molecule has 1 aromatic rings. The molecule has 2 saturated heterocycles. The molecule has 0 aliphatic carbocycles. The van der Waals surface area contributed by atoms with Gasteiger partial charge >= 0.3 is 6.09 Å². The number of aromatic nitrogens is 1. The van der Waals surface area contributed by atoms with E-state index in [1.165, 1.54) is 4.90 Å². The molecule has 1 aromatic heterocycles. The molecule has 1 unspecified atom stereocenters. The van der Waals surface area contributed by atoms with Crippen molar-refractivity contribution >= 4 is 17.7 Å². The summed E-state index contributed by atoms with van der Waals surface area (Å²) in [5.41, 5.74) is 1.76. The van der Waals surface area contributed by atoms with Crippen molar-refractivity contribution in [1.29, 1.82) is 0 Å². The Kier molecular flexibility index (Phi) is 4.80. The second kappa shape index (κ2) is 6.87. The lowest BCUT2D eigenvalue weighted by atomic mass is 10.0. The standard InChI is InChI=1S/C17H24N4O4/c1-12-14(20-6-8-21(9-7-20)16(23)24)4-3-13(18-12)15(22)19-17(2)5-10-25-11-17/h3-4H,5-11H2,1-2H3,(H,19,22)(H,23,24). The van der Waals surface area contributed by atoms with Crippen LogP contribution in [0.15, 0.2) is 12.1 Å². The van der Waals surface area contributed by atoms with E-state index < -0.39 is 6.09 Å². The maximum atomic E-state index is 12.4. The van der Waals surface area contributed by atoms with Crippen molar-refractivity contribution in [3.63, 3.8) is 0 Å². The third kappa shape index (κ3) is 3.84. The van der Waals surface area contributed by atoms with E-state index >= 15 is 0 Å². The first-order valence-corrected chi connectivity index (χ1v) is 8.49. The lowest BCUT2D eigenvalue weighted by molar-refractivity contribution is 0.0884. The van der Waals surface area contributed by atoms with Gasteiger partial charge in [0.1, 0.15) is 5.69 Å². The van der Waals surface area contributed by atoms with Crippen molar-refractivity contribution in [2.45, 2.75) is 25.8 Å². The summed E-state index contributed by atoms with van der Waals surface area (Å²) >= 11 is 0. The minimum absolute atomic E-state index is 0.196. The van der Waals surface area contributed by atoms with Crippen LogP contribution in [0.3, 0.4) is 0 Å². The molecule has 2 fully saturated rings. The molecule has 0 saturated carbocycles. The smallest absolute Gasteiger partial charge is 0.407 e. The van der Waals surface area contributed by atoms with Crippen LogP contribution in [-0.4, -0.2) is 71.9 Å². The second-order valence-electron chi connectivity index (χ2n) is 6.88. The van der Waals surface area contributed by atoms with Crippen molar-refractivity contribution in [2.24, 2.45) is 0 Å². The van der Waals surface area contributed by atoms with Crippen LogP contribution < -0.4 is 10.2 Å². The molecule has 8 nitrogen and oxygen atoms in total. The molecule has 136 valence electrons. The Morgan fingerprint density at radius 2 is 2.00 bits per heavy atom. The maximum Gasteiger partial charge on any atom is 0.407 e. The van der Waals surface area contributed by atoms with Crippen molar-refractivity contribution in [2.75, 3.05) is 44.3 Å². The molecule has 0 radical (unpaired) electrons. The highest BCUT2D eigenvalue weighted by molar-refractivity contribution is 5.93. The molecule has 2 aliphatic rings. The summed E-state index contributed by atoms with van der Waals surface area (Å²) < 4.78 is 5.36. The Labute approximate surface area is 146 Å². The number of carbonyl (C=O) groups is 2. The fourth-order valence-electron chi connectivity index (χ4n) is 3.26. The third-order valence-corrected chi connectivity index (χ3v) is 4.82. The summed E-state index contributed by atoms with van der Waals surface area (Å²) in [4.78, 5) is 31.4. The molecule has 1 atom stereocenters. The van der Waals surface area contributed by atoms with Gasteiger partial charge in [-0.05, 0) is 32.4 Å². The van der Waals surface area contributed by atoms with Crippen molar-refractivity contribution in [3.05, 3.63) is 23.5 Å². The van der Waals surface area contributed by atoms with Gasteiger partial charge < -0.3 is 25.0 Å². The van der Waals surface area contributed by atoms with E-state index in [1.54, 1.807) is 6.07 Å². The van der Waals surface area contributed by atoms with E-state index in [1.807, 2.05) is 19.9 Å². The van der Waals surface area contributed by atoms with E-state index in [9.17, 15) is 9.59 Å². The summed E-state index contributed by atoms with van der Waals surface area (Å²) in [6.45, 7) is 7.20. The zero-order valence-corrected chi connectivity index (χ0v) is 14.6. The summed E-state index contributed by atoms with van der Waals surface area (Å²) in [6, 6.07) is 3.61. The topological polar surface area (TPSA) is 95.0 Å². The summed E-state index contributed by atoms with van der Waals surface area (Å²) in [5, 5.41) is 12.0. The number of aryl methyl sites for hydroxylation is 1. The zero-order chi connectivity index (χ0) is 18.0. The number of nitrogens with zero attached hydrogens (tertiary/aromatic N) is 3. The molecular formula is C17H24N4O4. The average molecular weight is 348 g/mol. The number of anilines is 1. The summed E-state index contributed by atoms with van der Waals surface area (Å²) in [5.74, 6) is -0.196. The molecule has 0 spiro atoms. The van der Waals surface area contributed by atoms with Gasteiger partial charge in [-0.15, -0.1) is 0 Å². The Morgan fingerprint density at radius 1 is 1.28 bits per heavy atom. The van der Waals surface area contributed by atoms with Gasteiger partial charge in [-0.1, -0.05) is 0 Å². The number of piperazine rings is 1. The van der Waals surface area contributed by atoms with Gasteiger partial charge in [-0.25, -0.2) is 9.78 Å². The monoisotopic (exact) mass is 348 g/mol. The van der Waals surface area contributed by atoms with Crippen molar-refractivity contribution < 1.29 is 19.4 Å². The summed E-state index contributed by atoms with van der Waals surface area (Å²) in [6.07, 6.45) is -0.0881. The Morgan fingerprint density at radius 3 is 2.56 bits per heavy atom. The normalized spacial score (nSPS) is 23.6. The number of rotatable bonds is 3. The first-order chi connectivity index (χ1) is 11.9. The molecule has 2 amide bonds. The molecular weight excluding hydrogens is 324 g/mol.